The molecule has 1 aliphatic heterocycles. The summed E-state index contributed by atoms with van der Waals surface area (Å²) in [5, 5.41) is 0. The molecule has 0 aromatic rings. The third kappa shape index (κ3) is 2.30. The number of esters is 1. The van der Waals surface area contributed by atoms with E-state index in [0.717, 1.165) is 0 Å². The molecule has 12 heavy (non-hydrogen) atoms. The molecule has 0 aromatic carbocycles. The van der Waals surface area contributed by atoms with Gasteiger partial charge in [-0.15, -0.1) is 0 Å². The molecule has 1 aliphatic rings. The van der Waals surface area contributed by atoms with Gasteiger partial charge in [-0.25, -0.2) is 0 Å². The van der Waals surface area contributed by atoms with Crippen LogP contribution in [0.3, 0.4) is 0 Å². The van der Waals surface area contributed by atoms with Crippen LogP contribution in [0.25, 0.3) is 0 Å². The second kappa shape index (κ2) is 3.89. The summed E-state index contributed by atoms with van der Waals surface area (Å²) in [6.07, 6.45) is 0. The molecule has 1 atom stereocenters. The van der Waals surface area contributed by atoms with Crippen molar-refractivity contribution < 1.29 is 35.7 Å². The summed E-state index contributed by atoms with van der Waals surface area (Å²) < 4.78 is 13.1. The maximum atomic E-state index is 11.4. The van der Waals surface area contributed by atoms with E-state index in [1.807, 2.05) is 13.8 Å². The summed E-state index contributed by atoms with van der Waals surface area (Å²) in [6.45, 7) is 3.85. The van der Waals surface area contributed by atoms with Gasteiger partial charge in [0, 0.05) is 0 Å². The number of rotatable bonds is 4. The Hall–Kier alpha value is 0.120. The topological polar surface area (TPSA) is 57.5 Å². The van der Waals surface area contributed by atoms with Crippen LogP contribution >= 0.6 is 0 Å². The van der Waals surface area contributed by atoms with Crippen LogP contribution in [-0.2, 0) is 14.3 Å². The fourth-order valence-corrected chi connectivity index (χ4v) is 2.70. The molecule has 1 heterocycles. The molecule has 1 fully saturated rings. The number of hydrogen-bond donors (Lipinski definition) is 1. The minimum atomic E-state index is -0.383. The fraction of sp³-hybridized carbons (Fsp3) is 0.857. The van der Waals surface area contributed by atoms with Crippen molar-refractivity contribution >= 4 is 5.97 Å². The Balaban J connectivity index is 2.38. The molecular weight excluding hydrogens is 273 g/mol. The van der Waals surface area contributed by atoms with Gasteiger partial charge < -0.3 is 0 Å². The van der Waals surface area contributed by atoms with E-state index >= 15 is 0 Å². The third-order valence-electron chi connectivity index (χ3n) is 1.69. The van der Waals surface area contributed by atoms with Crippen LogP contribution in [0.15, 0.2) is 0 Å². The molecule has 0 amide bonds. The van der Waals surface area contributed by atoms with E-state index in [1.54, 1.807) is 0 Å². The van der Waals surface area contributed by atoms with Crippen molar-refractivity contribution in [3.63, 3.8) is 0 Å². The molecule has 0 aliphatic carbocycles. The van der Waals surface area contributed by atoms with Crippen LogP contribution in [-0.4, -0.2) is 23.9 Å². The summed E-state index contributed by atoms with van der Waals surface area (Å²) in [5.74, 6) is -0.181. The summed E-state index contributed by atoms with van der Waals surface area (Å²) in [4.78, 5) is 11.4. The number of halogens is 1. The first-order valence-electron chi connectivity index (χ1n) is 3.63. The van der Waals surface area contributed by atoms with Crippen LogP contribution in [0.4, 0.5) is 0 Å². The summed E-state index contributed by atoms with van der Waals surface area (Å²) in [6, 6.07) is 0. The second-order valence-corrected chi connectivity index (χ2v) is 5.63. The van der Waals surface area contributed by atoms with Crippen LogP contribution < -0.4 is 25.0 Å². The van der Waals surface area contributed by atoms with E-state index in [2.05, 4.69) is 8.27 Å². The van der Waals surface area contributed by atoms with Gasteiger partial charge in [0.2, 0.25) is 0 Å². The molecule has 1 N–H and O–H groups in total. The zero-order valence-corrected chi connectivity index (χ0v) is 9.54. The number of ether oxygens (including phenoxy) is 2. The Morgan fingerprint density at radius 3 is 2.67 bits per heavy atom. The Morgan fingerprint density at radius 1 is 1.67 bits per heavy atom. The molecule has 0 aromatic heterocycles. The minimum absolute atomic E-state index is 0.0432. The van der Waals surface area contributed by atoms with Crippen molar-refractivity contribution in [2.24, 2.45) is 5.41 Å². The fourth-order valence-electron chi connectivity index (χ4n) is 0.706. The van der Waals surface area contributed by atoms with Gasteiger partial charge in [-0.1, -0.05) is 0 Å². The normalized spacial score (nSPS) is 22.8. The van der Waals surface area contributed by atoms with Crippen molar-refractivity contribution in [2.45, 2.75) is 17.9 Å². The Morgan fingerprint density at radius 2 is 2.25 bits per heavy atom. The van der Waals surface area contributed by atoms with Gasteiger partial charge >= 0.3 is 82.5 Å². The number of carbonyl (C=O) groups excluding carboxylic acids is 1. The monoisotopic (exact) mass is 286 g/mol. The first kappa shape index (κ1) is 10.2. The average Bonchev–Trinajstić information content (AvgIpc) is 2.81. The molecule has 1 rings (SSSR count). The standard InChI is InChI=1S/C7H13INO3/c1-7(2,5-8-9-5)6(10)12-4-11-3/h5,9H,4H2,1-3H3/q-1. The number of carbonyl (C=O) groups is 1. The van der Waals surface area contributed by atoms with E-state index in [0.29, 0.717) is 4.05 Å². The third-order valence-corrected chi connectivity index (χ3v) is 4.49. The number of hydrogen-bond acceptors (Lipinski definition) is 4. The first-order valence-corrected chi connectivity index (χ1v) is 5.95. The van der Waals surface area contributed by atoms with E-state index in [9.17, 15) is 4.79 Å². The quantitative estimate of drug-likeness (QED) is 0.114. The number of methoxy groups -OCH3 is 1. The zero-order chi connectivity index (χ0) is 9.19. The van der Waals surface area contributed by atoms with Gasteiger partial charge in [0.25, 0.3) is 0 Å². The van der Waals surface area contributed by atoms with Crippen molar-refractivity contribution in [3.05, 3.63) is 0 Å². The van der Waals surface area contributed by atoms with E-state index in [1.165, 1.54) is 7.11 Å². The van der Waals surface area contributed by atoms with Gasteiger partial charge in [0.05, 0.1) is 0 Å². The van der Waals surface area contributed by atoms with Gasteiger partial charge in [0.15, 0.2) is 0 Å². The molecule has 5 heteroatoms. The van der Waals surface area contributed by atoms with Crippen LogP contribution in [0.2, 0.25) is 0 Å². The van der Waals surface area contributed by atoms with Crippen LogP contribution in [0.5, 0.6) is 0 Å². The predicted octanol–water partition coefficient (Wildman–Crippen LogP) is -2.91. The molecule has 4 nitrogen and oxygen atoms in total. The van der Waals surface area contributed by atoms with E-state index in [4.69, 9.17) is 4.74 Å². The molecule has 0 bridgehead atoms. The number of nitrogens with one attached hydrogen (secondary N) is 1. The molecule has 72 valence electrons. The van der Waals surface area contributed by atoms with Gasteiger partial charge in [-0.05, 0) is 0 Å². The van der Waals surface area contributed by atoms with Crippen molar-refractivity contribution in [2.75, 3.05) is 13.9 Å². The van der Waals surface area contributed by atoms with Crippen molar-refractivity contribution in [1.29, 1.82) is 0 Å². The van der Waals surface area contributed by atoms with Crippen molar-refractivity contribution in [3.8, 4) is 0 Å². The maximum absolute atomic E-state index is 11.4. The Labute approximate surface area is 82.6 Å². The van der Waals surface area contributed by atoms with Crippen LogP contribution in [0, 0.1) is 5.41 Å². The van der Waals surface area contributed by atoms with Crippen molar-refractivity contribution in [1.82, 2.24) is 3.53 Å². The zero-order valence-electron chi connectivity index (χ0n) is 7.39. The van der Waals surface area contributed by atoms with Gasteiger partial charge in [0.1, 0.15) is 0 Å². The Bertz CT molecular complexity index is 179. The van der Waals surface area contributed by atoms with E-state index < -0.39 is 0 Å². The summed E-state index contributed by atoms with van der Waals surface area (Å²) >= 11 is 0.0432. The SMILES string of the molecule is COCOC(=O)C(C)(C)C1N[I-]1. The Kier molecular flexibility index (Phi) is 3.30. The molecule has 1 saturated heterocycles. The molecule has 0 radical (unpaired) electrons. The van der Waals surface area contributed by atoms with Gasteiger partial charge in [-0.3, -0.25) is 0 Å². The molecule has 0 saturated carbocycles. The summed E-state index contributed by atoms with van der Waals surface area (Å²) in [7, 11) is 1.50. The second-order valence-electron chi connectivity index (χ2n) is 3.14. The van der Waals surface area contributed by atoms with Crippen LogP contribution in [0.1, 0.15) is 13.8 Å². The molecular formula is C7H13INO3-. The molecule has 1 unspecified atom stereocenters. The first-order chi connectivity index (χ1) is 5.59. The van der Waals surface area contributed by atoms with Gasteiger partial charge in [-0.2, -0.15) is 0 Å². The average molecular weight is 286 g/mol. The van der Waals surface area contributed by atoms with E-state index in [-0.39, 0.29) is 39.7 Å². The summed E-state index contributed by atoms with van der Waals surface area (Å²) in [5.41, 5.74) is -0.383. The predicted molar refractivity (Wildman–Crippen MR) is 38.7 cm³/mol. The number of alkyl halides is 1. The molecule has 0 spiro atoms.